The lowest BCUT2D eigenvalue weighted by molar-refractivity contribution is -0.181. The highest BCUT2D eigenvalue weighted by Crippen LogP contribution is 2.34. The molecule has 158 valence electrons. The van der Waals surface area contributed by atoms with E-state index < -0.39 is 23.6 Å². The van der Waals surface area contributed by atoms with Crippen LogP contribution in [0.1, 0.15) is 29.2 Å². The first kappa shape index (κ1) is 19.4. The summed E-state index contributed by atoms with van der Waals surface area (Å²) in [5.74, 6) is -1.80. The van der Waals surface area contributed by atoms with Gasteiger partial charge in [0.2, 0.25) is 5.82 Å². The summed E-state index contributed by atoms with van der Waals surface area (Å²) in [6.45, 7) is 1.71. The Morgan fingerprint density at radius 2 is 1.90 bits per heavy atom. The van der Waals surface area contributed by atoms with Gasteiger partial charge in [0.25, 0.3) is 11.7 Å². The number of piperidine rings is 1. The van der Waals surface area contributed by atoms with Gasteiger partial charge in [-0.3, -0.25) is 4.79 Å². The second-order valence-corrected chi connectivity index (χ2v) is 8.00. The van der Waals surface area contributed by atoms with Crippen LogP contribution in [0.5, 0.6) is 0 Å². The number of rotatable bonds is 2. The zero-order valence-electron chi connectivity index (χ0n) is 15.6. The van der Waals surface area contributed by atoms with Gasteiger partial charge in [0, 0.05) is 25.9 Å². The van der Waals surface area contributed by atoms with Crippen molar-refractivity contribution in [3.63, 3.8) is 0 Å². The average Bonchev–Trinajstić information content (AvgIpc) is 3.47. The topological polar surface area (TPSA) is 81.9 Å². The Balaban J connectivity index is 1.47. The van der Waals surface area contributed by atoms with Gasteiger partial charge >= 0.3 is 6.18 Å². The van der Waals surface area contributed by atoms with Crippen LogP contribution in [0.25, 0.3) is 16.3 Å². The molecule has 0 saturated carbocycles. The highest BCUT2D eigenvalue weighted by molar-refractivity contribution is 7.13. The molecule has 3 aromatic rings. The van der Waals surface area contributed by atoms with E-state index in [-0.39, 0.29) is 17.3 Å². The summed E-state index contributed by atoms with van der Waals surface area (Å²) in [4.78, 5) is 23.1. The van der Waals surface area contributed by atoms with Crippen molar-refractivity contribution in [1.29, 1.82) is 0 Å². The van der Waals surface area contributed by atoms with Gasteiger partial charge in [0.1, 0.15) is 0 Å². The minimum Gasteiger partial charge on any atom is -0.347 e. The minimum atomic E-state index is -4.68. The van der Waals surface area contributed by atoms with E-state index in [2.05, 4.69) is 15.1 Å². The molecular formula is C18H16F3N5O3S. The fourth-order valence-electron chi connectivity index (χ4n) is 3.69. The van der Waals surface area contributed by atoms with Crippen molar-refractivity contribution < 1.29 is 27.4 Å². The van der Waals surface area contributed by atoms with Crippen molar-refractivity contribution in [3.8, 4) is 10.6 Å². The van der Waals surface area contributed by atoms with E-state index in [9.17, 15) is 18.0 Å². The summed E-state index contributed by atoms with van der Waals surface area (Å²) >= 11 is 1.26. The Morgan fingerprint density at radius 3 is 2.53 bits per heavy atom. The third-order valence-electron chi connectivity index (χ3n) is 5.19. The van der Waals surface area contributed by atoms with Crippen molar-refractivity contribution in [2.45, 2.75) is 24.8 Å². The predicted octanol–water partition coefficient (Wildman–Crippen LogP) is 2.85. The van der Waals surface area contributed by atoms with Gasteiger partial charge in [-0.2, -0.15) is 22.7 Å². The van der Waals surface area contributed by atoms with Gasteiger partial charge < -0.3 is 14.4 Å². The van der Waals surface area contributed by atoms with Gasteiger partial charge in [0.15, 0.2) is 11.5 Å². The fraction of sp³-hybridized carbons (Fsp3) is 0.444. The number of likely N-dealkylation sites (tertiary alicyclic amines) is 1. The molecule has 2 saturated heterocycles. The molecule has 0 radical (unpaired) electrons. The number of halogens is 3. The number of fused-ring (bicyclic) bond motifs is 1. The predicted molar refractivity (Wildman–Crippen MR) is 98.9 cm³/mol. The molecule has 0 aliphatic carbocycles. The lowest BCUT2D eigenvalue weighted by atomic mass is 10.0. The zero-order valence-corrected chi connectivity index (χ0v) is 16.4. The molecule has 30 heavy (non-hydrogen) atoms. The fourth-order valence-corrected chi connectivity index (χ4v) is 4.38. The number of carbonyl (C=O) groups excluding carboxylic acids is 1. The molecule has 5 rings (SSSR count). The zero-order chi connectivity index (χ0) is 20.9. The smallest absolute Gasteiger partial charge is 0.347 e. The molecule has 3 aromatic heterocycles. The maximum Gasteiger partial charge on any atom is 0.433 e. The molecule has 0 N–H and O–H groups in total. The minimum absolute atomic E-state index is 0.131. The molecule has 8 nitrogen and oxygen atoms in total. The Labute approximate surface area is 172 Å². The molecule has 0 aromatic carbocycles. The van der Waals surface area contributed by atoms with E-state index >= 15 is 0 Å². The third kappa shape index (κ3) is 3.34. The van der Waals surface area contributed by atoms with Crippen molar-refractivity contribution in [2.75, 3.05) is 26.3 Å². The number of amides is 1. The Bertz CT molecular complexity index is 1080. The van der Waals surface area contributed by atoms with E-state index in [4.69, 9.17) is 9.47 Å². The van der Waals surface area contributed by atoms with Crippen LogP contribution in [-0.2, 0) is 15.7 Å². The molecule has 0 unspecified atom stereocenters. The summed E-state index contributed by atoms with van der Waals surface area (Å²) < 4.78 is 52.8. The van der Waals surface area contributed by atoms with Gasteiger partial charge in [0.05, 0.1) is 23.8 Å². The van der Waals surface area contributed by atoms with Gasteiger partial charge in [-0.15, -0.1) is 16.4 Å². The number of alkyl halides is 3. The first-order valence-corrected chi connectivity index (χ1v) is 10.2. The standard InChI is InChI=1S/C18H16F3N5O3S/c19-18(20,21)13-10-11(12-2-1-9-30-12)22-16-23-14(24-26(13)16)15(27)25-5-3-17(4-6-25)28-7-8-29-17/h1-2,9-10H,3-8H2. The molecule has 2 aliphatic rings. The van der Waals surface area contributed by atoms with Crippen LogP contribution in [0.3, 0.4) is 0 Å². The summed E-state index contributed by atoms with van der Waals surface area (Å²) in [5.41, 5.74) is -0.903. The Kier molecular flexibility index (Phi) is 4.52. The second-order valence-electron chi connectivity index (χ2n) is 7.05. The molecule has 0 atom stereocenters. The van der Waals surface area contributed by atoms with E-state index in [1.54, 1.807) is 17.5 Å². The number of carbonyl (C=O) groups is 1. The van der Waals surface area contributed by atoms with Crippen molar-refractivity contribution in [3.05, 3.63) is 35.1 Å². The third-order valence-corrected chi connectivity index (χ3v) is 6.09. The first-order valence-electron chi connectivity index (χ1n) is 9.31. The van der Waals surface area contributed by atoms with E-state index in [0.717, 1.165) is 6.07 Å². The number of aromatic nitrogens is 4. The van der Waals surface area contributed by atoms with Gasteiger partial charge in [-0.25, -0.2) is 4.98 Å². The number of thiophene rings is 1. The Morgan fingerprint density at radius 1 is 1.17 bits per heavy atom. The summed E-state index contributed by atoms with van der Waals surface area (Å²) in [5, 5.41) is 5.58. The molecule has 5 heterocycles. The van der Waals surface area contributed by atoms with Gasteiger partial charge in [-0.05, 0) is 17.5 Å². The number of hydrogen-bond donors (Lipinski definition) is 0. The van der Waals surface area contributed by atoms with Crippen molar-refractivity contribution in [2.24, 2.45) is 0 Å². The number of ether oxygens (including phenoxy) is 2. The lowest BCUT2D eigenvalue weighted by Gasteiger charge is -2.37. The van der Waals surface area contributed by atoms with E-state index in [0.29, 0.717) is 48.5 Å². The molecule has 12 heteroatoms. The van der Waals surface area contributed by atoms with E-state index in [1.807, 2.05) is 0 Å². The summed E-state index contributed by atoms with van der Waals surface area (Å²) in [7, 11) is 0. The van der Waals surface area contributed by atoms with Crippen LogP contribution in [0.2, 0.25) is 0 Å². The maximum atomic E-state index is 13.6. The van der Waals surface area contributed by atoms with Crippen LogP contribution in [0.15, 0.2) is 23.6 Å². The normalized spacial score (nSPS) is 19.1. The number of nitrogens with zero attached hydrogens (tertiary/aromatic N) is 5. The van der Waals surface area contributed by atoms with Crippen LogP contribution < -0.4 is 0 Å². The highest BCUT2D eigenvalue weighted by atomic mass is 32.1. The van der Waals surface area contributed by atoms with Crippen LogP contribution in [0.4, 0.5) is 13.2 Å². The van der Waals surface area contributed by atoms with Crippen molar-refractivity contribution in [1.82, 2.24) is 24.5 Å². The molecule has 0 bridgehead atoms. The SMILES string of the molecule is O=C(c1nc2nc(-c3cccs3)cc(C(F)(F)F)n2n1)N1CCC2(CC1)OCCO2. The molecular weight excluding hydrogens is 423 g/mol. The van der Waals surface area contributed by atoms with E-state index in [1.165, 1.54) is 16.2 Å². The van der Waals surface area contributed by atoms with Crippen LogP contribution in [0, 0.1) is 0 Å². The maximum absolute atomic E-state index is 13.6. The average molecular weight is 439 g/mol. The molecule has 2 fully saturated rings. The largest absolute Gasteiger partial charge is 0.433 e. The monoisotopic (exact) mass is 439 g/mol. The Hall–Kier alpha value is -2.57. The van der Waals surface area contributed by atoms with Crippen LogP contribution in [-0.4, -0.2) is 62.5 Å². The number of hydrogen-bond acceptors (Lipinski definition) is 7. The lowest BCUT2D eigenvalue weighted by Crippen LogP contribution is -2.47. The van der Waals surface area contributed by atoms with Crippen molar-refractivity contribution >= 4 is 23.0 Å². The second kappa shape index (κ2) is 7.00. The summed E-state index contributed by atoms with van der Waals surface area (Å²) in [6, 6.07) is 4.31. The first-order chi connectivity index (χ1) is 14.3. The van der Waals surface area contributed by atoms with Crippen LogP contribution >= 0.6 is 11.3 Å². The highest BCUT2D eigenvalue weighted by Gasteiger charge is 2.42. The summed E-state index contributed by atoms with van der Waals surface area (Å²) in [6.07, 6.45) is -3.71. The molecule has 2 aliphatic heterocycles. The molecule has 1 amide bonds. The molecule has 1 spiro atoms. The quantitative estimate of drug-likeness (QED) is 0.611. The van der Waals surface area contributed by atoms with Gasteiger partial charge in [-0.1, -0.05) is 6.07 Å².